The van der Waals surface area contributed by atoms with Gasteiger partial charge in [-0.3, -0.25) is 9.59 Å². The lowest BCUT2D eigenvalue weighted by Crippen LogP contribution is -2.43. The summed E-state index contributed by atoms with van der Waals surface area (Å²) in [5, 5.41) is 2.04. The summed E-state index contributed by atoms with van der Waals surface area (Å²) in [6.07, 6.45) is 0.628. The average Bonchev–Trinajstić information content (AvgIpc) is 3.51. The van der Waals surface area contributed by atoms with Crippen LogP contribution >= 0.6 is 11.3 Å². The van der Waals surface area contributed by atoms with Crippen molar-refractivity contribution < 1.29 is 23.8 Å². The van der Waals surface area contributed by atoms with Gasteiger partial charge in [-0.25, -0.2) is 0 Å². The van der Waals surface area contributed by atoms with Crippen LogP contribution < -0.4 is 9.47 Å². The number of hydrogen-bond donors (Lipinski definition) is 0. The second kappa shape index (κ2) is 11.9. The molecule has 0 bridgehead atoms. The SMILES string of the molecule is COCCCN(CC(=O)N(Cc1ccccc1)Cc1sccc1C)C(=O)c1ccc2c(c1)OCO2. The summed E-state index contributed by atoms with van der Waals surface area (Å²) in [6, 6.07) is 17.1. The van der Waals surface area contributed by atoms with Crippen LogP contribution in [0.1, 0.15) is 32.8 Å². The van der Waals surface area contributed by atoms with Crippen LogP contribution in [0.25, 0.3) is 0 Å². The first kappa shape index (κ1) is 24.8. The van der Waals surface area contributed by atoms with Gasteiger partial charge < -0.3 is 24.0 Å². The Morgan fingerprint density at radius 3 is 2.54 bits per heavy atom. The molecule has 4 rings (SSSR count). The summed E-state index contributed by atoms with van der Waals surface area (Å²) < 4.78 is 16.0. The lowest BCUT2D eigenvalue weighted by atomic mass is 10.1. The monoisotopic (exact) mass is 494 g/mol. The smallest absolute Gasteiger partial charge is 0.254 e. The van der Waals surface area contributed by atoms with Crippen molar-refractivity contribution >= 4 is 23.2 Å². The fourth-order valence-corrected chi connectivity index (χ4v) is 4.82. The largest absolute Gasteiger partial charge is 0.454 e. The first-order valence-electron chi connectivity index (χ1n) is 11.6. The molecule has 1 aliphatic rings. The number of carbonyl (C=O) groups excluding carboxylic acids is 2. The standard InChI is InChI=1S/C27H30N2O5S/c1-20-11-14-35-25(20)17-29(16-21-7-4-3-5-8-21)26(30)18-28(12-6-13-32-2)27(31)22-9-10-23-24(15-22)34-19-33-23/h3-5,7-11,14-15H,6,12-13,16-19H2,1-2H3. The predicted octanol–water partition coefficient (Wildman–Crippen LogP) is 4.49. The summed E-state index contributed by atoms with van der Waals surface area (Å²) >= 11 is 1.64. The highest BCUT2D eigenvalue weighted by atomic mass is 32.1. The van der Waals surface area contributed by atoms with Gasteiger partial charge in [-0.1, -0.05) is 30.3 Å². The summed E-state index contributed by atoms with van der Waals surface area (Å²) in [6.45, 7) is 4.05. The molecule has 2 amide bonds. The zero-order valence-electron chi connectivity index (χ0n) is 20.1. The highest BCUT2D eigenvalue weighted by Crippen LogP contribution is 2.33. The molecule has 2 aromatic carbocycles. The maximum Gasteiger partial charge on any atom is 0.254 e. The Morgan fingerprint density at radius 2 is 1.80 bits per heavy atom. The molecule has 0 unspecified atom stereocenters. The topological polar surface area (TPSA) is 68.3 Å². The van der Waals surface area contributed by atoms with Gasteiger partial charge in [0.25, 0.3) is 5.91 Å². The highest BCUT2D eigenvalue weighted by Gasteiger charge is 2.25. The van der Waals surface area contributed by atoms with Crippen molar-refractivity contribution in [1.29, 1.82) is 0 Å². The van der Waals surface area contributed by atoms with E-state index in [0.29, 0.717) is 49.7 Å². The van der Waals surface area contributed by atoms with Gasteiger partial charge in [-0.15, -0.1) is 11.3 Å². The molecule has 7 nitrogen and oxygen atoms in total. The number of aryl methyl sites for hydroxylation is 1. The zero-order chi connectivity index (χ0) is 24.6. The van der Waals surface area contributed by atoms with Crippen molar-refractivity contribution in [2.75, 3.05) is 33.6 Å². The van der Waals surface area contributed by atoms with E-state index in [4.69, 9.17) is 14.2 Å². The van der Waals surface area contributed by atoms with Crippen molar-refractivity contribution in [3.05, 3.63) is 81.5 Å². The molecule has 184 valence electrons. The maximum atomic E-state index is 13.6. The molecule has 0 fully saturated rings. The molecule has 0 aliphatic carbocycles. The van der Waals surface area contributed by atoms with Crippen LogP contribution in [0.3, 0.4) is 0 Å². The quantitative estimate of drug-likeness (QED) is 0.368. The molecule has 3 aromatic rings. The third kappa shape index (κ3) is 6.41. The molecule has 0 radical (unpaired) electrons. The first-order chi connectivity index (χ1) is 17.0. The number of hydrogen-bond acceptors (Lipinski definition) is 6. The number of carbonyl (C=O) groups is 2. The molecule has 2 heterocycles. The number of rotatable bonds is 11. The van der Waals surface area contributed by atoms with E-state index in [2.05, 4.69) is 13.0 Å². The molecule has 0 saturated heterocycles. The minimum atomic E-state index is -0.222. The van der Waals surface area contributed by atoms with Crippen LogP contribution in [0, 0.1) is 6.92 Å². The Labute approximate surface area is 209 Å². The Kier molecular flexibility index (Phi) is 8.39. The number of amides is 2. The third-order valence-electron chi connectivity index (χ3n) is 5.88. The second-order valence-corrected chi connectivity index (χ2v) is 9.40. The molecular formula is C27H30N2O5S. The predicted molar refractivity (Wildman–Crippen MR) is 135 cm³/mol. The Morgan fingerprint density at radius 1 is 1.00 bits per heavy atom. The van der Waals surface area contributed by atoms with E-state index >= 15 is 0 Å². The van der Waals surface area contributed by atoms with Gasteiger partial charge in [0.1, 0.15) is 6.54 Å². The van der Waals surface area contributed by atoms with Gasteiger partial charge in [-0.2, -0.15) is 0 Å². The highest BCUT2D eigenvalue weighted by molar-refractivity contribution is 7.10. The number of fused-ring (bicyclic) bond motifs is 1. The summed E-state index contributed by atoms with van der Waals surface area (Å²) in [5.41, 5.74) is 2.67. The lowest BCUT2D eigenvalue weighted by Gasteiger charge is -2.28. The third-order valence-corrected chi connectivity index (χ3v) is 6.89. The Balaban J connectivity index is 1.54. The second-order valence-electron chi connectivity index (χ2n) is 8.40. The molecule has 0 saturated carbocycles. The van der Waals surface area contributed by atoms with Crippen LogP contribution in [-0.2, 0) is 22.6 Å². The number of benzene rings is 2. The Hall–Kier alpha value is -3.36. The fourth-order valence-electron chi connectivity index (χ4n) is 3.90. The van der Waals surface area contributed by atoms with Crippen LogP contribution in [0.15, 0.2) is 60.0 Å². The minimum Gasteiger partial charge on any atom is -0.454 e. The van der Waals surface area contributed by atoms with E-state index in [1.165, 1.54) is 0 Å². The van der Waals surface area contributed by atoms with E-state index in [9.17, 15) is 9.59 Å². The molecule has 8 heteroatoms. The molecule has 0 atom stereocenters. The molecule has 0 spiro atoms. The molecule has 1 aliphatic heterocycles. The van der Waals surface area contributed by atoms with Gasteiger partial charge in [0.15, 0.2) is 11.5 Å². The van der Waals surface area contributed by atoms with Crippen molar-refractivity contribution in [3.8, 4) is 11.5 Å². The first-order valence-corrected chi connectivity index (χ1v) is 12.5. The molecule has 0 N–H and O–H groups in total. The van der Waals surface area contributed by atoms with Gasteiger partial charge in [0, 0.05) is 37.2 Å². The van der Waals surface area contributed by atoms with E-state index in [1.54, 1.807) is 41.5 Å². The number of methoxy groups -OCH3 is 1. The van der Waals surface area contributed by atoms with Crippen LogP contribution in [0.5, 0.6) is 11.5 Å². The zero-order valence-corrected chi connectivity index (χ0v) is 20.9. The number of thiophene rings is 1. The summed E-state index contributed by atoms with van der Waals surface area (Å²) in [5.74, 6) is 0.828. The average molecular weight is 495 g/mol. The van der Waals surface area contributed by atoms with Gasteiger partial charge in [0.05, 0.1) is 6.54 Å². The molecule has 1 aromatic heterocycles. The van der Waals surface area contributed by atoms with E-state index in [1.807, 2.05) is 40.6 Å². The van der Waals surface area contributed by atoms with Crippen molar-refractivity contribution in [2.45, 2.75) is 26.4 Å². The summed E-state index contributed by atoms with van der Waals surface area (Å²) in [4.78, 5) is 31.6. The number of nitrogens with zero attached hydrogens (tertiary/aromatic N) is 2. The van der Waals surface area contributed by atoms with Gasteiger partial charge >= 0.3 is 0 Å². The van der Waals surface area contributed by atoms with Crippen LogP contribution in [0.2, 0.25) is 0 Å². The minimum absolute atomic E-state index is 0.0196. The fraction of sp³-hybridized carbons (Fsp3) is 0.333. The van der Waals surface area contributed by atoms with E-state index in [0.717, 1.165) is 16.0 Å². The number of ether oxygens (including phenoxy) is 3. The van der Waals surface area contributed by atoms with Crippen molar-refractivity contribution in [3.63, 3.8) is 0 Å². The van der Waals surface area contributed by atoms with E-state index < -0.39 is 0 Å². The molecular weight excluding hydrogens is 464 g/mol. The maximum absolute atomic E-state index is 13.6. The van der Waals surface area contributed by atoms with Gasteiger partial charge in [-0.05, 0) is 54.1 Å². The normalized spacial score (nSPS) is 11.9. The van der Waals surface area contributed by atoms with Crippen molar-refractivity contribution in [1.82, 2.24) is 9.80 Å². The van der Waals surface area contributed by atoms with Gasteiger partial charge in [0.2, 0.25) is 12.7 Å². The van der Waals surface area contributed by atoms with Crippen LogP contribution in [-0.4, -0.2) is 55.2 Å². The van der Waals surface area contributed by atoms with Crippen molar-refractivity contribution in [2.24, 2.45) is 0 Å². The van der Waals surface area contributed by atoms with Crippen LogP contribution in [0.4, 0.5) is 0 Å². The van der Waals surface area contributed by atoms with E-state index in [-0.39, 0.29) is 25.2 Å². The summed E-state index contributed by atoms with van der Waals surface area (Å²) in [7, 11) is 1.63. The molecule has 35 heavy (non-hydrogen) atoms. The lowest BCUT2D eigenvalue weighted by molar-refractivity contribution is -0.133. The Bertz CT molecular complexity index is 1150.